The summed E-state index contributed by atoms with van der Waals surface area (Å²) in [5.74, 6) is 0. The molecule has 0 aliphatic heterocycles. The van der Waals surface area contributed by atoms with Gasteiger partial charge in [-0.25, -0.2) is 0 Å². The first-order valence-electron chi connectivity index (χ1n) is 0. The Bertz CT molecular complexity index is 13.5. The molecule has 2 N–H and O–H groups in total. The number of rotatable bonds is 0. The van der Waals surface area contributed by atoms with Crippen molar-refractivity contribution < 1.29 is 61.0 Å². The van der Waals surface area contributed by atoms with Crippen molar-refractivity contribution in [3.05, 3.63) is 0 Å². The molecule has 0 bridgehead atoms. The summed E-state index contributed by atoms with van der Waals surface area (Å²) in [5, 5.41) is 0. The second-order valence-corrected chi connectivity index (χ2v) is 0. The topological polar surface area (TPSA) is 31.5 Å². The van der Waals surface area contributed by atoms with Gasteiger partial charge < -0.3 is 8.33 Å². The monoisotopic (exact) mass is 254 g/mol. The fraction of sp³-hybridized carbons (Fsp3) is 0. The van der Waals surface area contributed by atoms with Crippen LogP contribution in [0.15, 0.2) is 0 Å². The van der Waals surface area contributed by atoms with Gasteiger partial charge in [0.15, 0.2) is 0 Å². The third-order valence-electron chi connectivity index (χ3n) is 0. The predicted molar refractivity (Wildman–Crippen MR) is 11.6 cm³/mol. The summed E-state index contributed by atoms with van der Waals surface area (Å²) in [4.78, 5) is 0. The van der Waals surface area contributed by atoms with E-state index in [1.165, 1.54) is 0 Å². The molecule has 0 amide bonds. The second-order valence-electron chi connectivity index (χ2n) is 0. The van der Waals surface area contributed by atoms with Crippen LogP contribution in [-0.4, -0.2) is 43.2 Å². The van der Waals surface area contributed by atoms with Crippen molar-refractivity contribution in [3.8, 4) is 0 Å². The maximum atomic E-state index is 0. The Kier molecular flexibility index (Phi) is 119. The van der Waals surface area contributed by atoms with E-state index in [1.54, 1.807) is 0 Å². The van der Waals surface area contributed by atoms with Gasteiger partial charge in [0.1, 0.15) is 0 Å². The van der Waals surface area contributed by atoms with Gasteiger partial charge in [-0.2, -0.15) is 0 Å². The van der Waals surface area contributed by atoms with Gasteiger partial charge in [-0.3, -0.25) is 0 Å². The van der Waals surface area contributed by atoms with Crippen molar-refractivity contribution >= 4 is 37.7 Å². The fourth-order valence-corrected chi connectivity index (χ4v) is 0. The van der Waals surface area contributed by atoms with Crippen molar-refractivity contribution in [1.82, 2.24) is 0 Å². The van der Waals surface area contributed by atoms with Crippen LogP contribution in [0, 0.1) is 35.6 Å². The van der Waals surface area contributed by atoms with Crippen LogP contribution in [0.4, 0.5) is 0 Å². The third kappa shape index (κ3) is 8.87. The normalized spacial score (nSPS) is 0. The van der Waals surface area contributed by atoms with E-state index in [-0.39, 0.29) is 98.7 Å². The molecule has 0 unspecified atom stereocenters. The Morgan fingerprint density at radius 2 is 1.25 bits per heavy atom. The number of hydrogen-bond acceptors (Lipinski definition) is 0. The minimum atomic E-state index is 0. The summed E-state index contributed by atoms with van der Waals surface area (Å²) in [5.41, 5.74) is 0. The molecule has 4 heavy (non-hydrogen) atoms. The van der Waals surface area contributed by atoms with Gasteiger partial charge in [-0.1, -0.05) is 0 Å². The molecule has 0 aliphatic rings. The van der Waals surface area contributed by atoms with E-state index in [1.807, 2.05) is 0 Å². The van der Waals surface area contributed by atoms with Crippen LogP contribution in [0.1, 0.15) is 2.85 Å². The summed E-state index contributed by atoms with van der Waals surface area (Å²) >= 11 is 0. The van der Waals surface area contributed by atoms with Gasteiger partial charge in [-0.05, 0) is 0 Å². The summed E-state index contributed by atoms with van der Waals surface area (Å²) in [6, 6.07) is 0. The van der Waals surface area contributed by atoms with E-state index in [4.69, 9.17) is 0 Å². The zero-order chi connectivity index (χ0) is 0. The average molecular weight is 254 g/mol. The van der Waals surface area contributed by atoms with Crippen LogP contribution < -0.4 is 0 Å². The molecule has 0 aliphatic carbocycles. The van der Waals surface area contributed by atoms with Gasteiger partial charge in [-0.15, -0.1) is 0 Å². The van der Waals surface area contributed by atoms with E-state index in [2.05, 4.69) is 0 Å². The molecule has 0 heterocycles. The minimum absolute atomic E-state index is 0. The molecule has 1 nitrogen and oxygen atoms in total. The van der Waals surface area contributed by atoms with Gasteiger partial charge in [0, 0.05) is 52.7 Å². The van der Waals surface area contributed by atoms with E-state index in [0.717, 1.165) is 0 Å². The molecule has 0 rings (SSSR count). The molecule has 0 saturated heterocycles. The molecule has 0 fully saturated rings. The largest absolute Gasteiger partial charge is 2.00 e. The number of hydrogen-bond donors (Lipinski definition) is 0. The Morgan fingerprint density at radius 3 is 1.25 bits per heavy atom. The van der Waals surface area contributed by atoms with E-state index in [0.29, 0.717) is 0 Å². The van der Waals surface area contributed by atoms with Gasteiger partial charge in [0.2, 0.25) is 0 Å². The van der Waals surface area contributed by atoms with Gasteiger partial charge >= 0.3 is 37.7 Å². The standard InChI is InChI=1S/Ca.La.Mn.H2O.2H/h;;;1H2;;/q+2;;;;2*-1. The van der Waals surface area contributed by atoms with Crippen molar-refractivity contribution in [2.24, 2.45) is 0 Å². The summed E-state index contributed by atoms with van der Waals surface area (Å²) < 4.78 is 0. The Labute approximate surface area is 96.6 Å². The van der Waals surface area contributed by atoms with Crippen LogP contribution in [0.25, 0.3) is 0 Å². The van der Waals surface area contributed by atoms with Crippen molar-refractivity contribution in [2.45, 2.75) is 0 Å². The van der Waals surface area contributed by atoms with Crippen molar-refractivity contribution in [3.63, 3.8) is 0 Å². The molecule has 0 aromatic carbocycles. The van der Waals surface area contributed by atoms with Crippen LogP contribution in [0.2, 0.25) is 0 Å². The van der Waals surface area contributed by atoms with Crippen LogP contribution in [0.3, 0.4) is 0 Å². The minimum Gasteiger partial charge on any atom is -1.00 e. The predicted octanol–water partition coefficient (Wildman–Crippen LogP) is -0.983. The third-order valence-corrected chi connectivity index (χ3v) is 0. The smallest absolute Gasteiger partial charge is 1.00 e. The maximum absolute atomic E-state index is 0. The quantitative estimate of drug-likeness (QED) is 0.497. The van der Waals surface area contributed by atoms with E-state index in [9.17, 15) is 0 Å². The first-order chi connectivity index (χ1) is 0. The van der Waals surface area contributed by atoms with Gasteiger partial charge in [0.25, 0.3) is 0 Å². The van der Waals surface area contributed by atoms with Crippen LogP contribution in [-0.2, 0) is 17.1 Å². The van der Waals surface area contributed by atoms with E-state index < -0.39 is 0 Å². The van der Waals surface area contributed by atoms with Crippen LogP contribution >= 0.6 is 0 Å². The zero-order valence-corrected chi connectivity index (χ0v) is 9.18. The molecule has 0 aromatic heterocycles. The fourth-order valence-electron chi connectivity index (χ4n) is 0. The molecule has 0 saturated carbocycles. The van der Waals surface area contributed by atoms with Gasteiger partial charge in [0.05, 0.1) is 0 Å². The summed E-state index contributed by atoms with van der Waals surface area (Å²) in [7, 11) is 0. The van der Waals surface area contributed by atoms with Crippen molar-refractivity contribution in [1.29, 1.82) is 0 Å². The Hall–Kier alpha value is 2.93. The first-order valence-corrected chi connectivity index (χ1v) is 0. The molecule has 0 aromatic rings. The summed E-state index contributed by atoms with van der Waals surface area (Å²) in [6.07, 6.45) is 0. The van der Waals surface area contributed by atoms with Crippen molar-refractivity contribution in [2.75, 3.05) is 0 Å². The SMILES string of the molecule is O.[Ca+2].[H-].[H-].[La].[Mn]. The molecule has 22 valence electrons. The zero-order valence-electron chi connectivity index (χ0n) is 4.16. The molecule has 0 spiro atoms. The molecule has 4 heteroatoms. The molecule has 0 atom stereocenters. The maximum Gasteiger partial charge on any atom is 2.00 e. The Morgan fingerprint density at radius 1 is 1.25 bits per heavy atom. The summed E-state index contributed by atoms with van der Waals surface area (Å²) in [6.45, 7) is 0. The van der Waals surface area contributed by atoms with Crippen LogP contribution in [0.5, 0.6) is 0 Å². The first kappa shape index (κ1) is 28.4. The molecular formula is H4CaLaMnO. The molecule has 2 radical (unpaired) electrons. The van der Waals surface area contributed by atoms with E-state index >= 15 is 0 Å². The second kappa shape index (κ2) is 16.8. The molecular weight excluding hydrogens is 250 g/mol. The average Bonchev–Trinajstić information content (AvgIpc) is 0. The Balaban J connectivity index is 0.